The number of fused-ring (bicyclic) bond motifs is 5. The van der Waals surface area contributed by atoms with E-state index in [4.69, 9.17) is 9.47 Å². The van der Waals surface area contributed by atoms with Crippen LogP contribution in [0.2, 0.25) is 0 Å². The molecular formula is C62H114N2O6. The van der Waals surface area contributed by atoms with Crippen molar-refractivity contribution in [2.24, 2.45) is 46.3 Å². The van der Waals surface area contributed by atoms with E-state index in [1.807, 2.05) is 0 Å². The van der Waals surface area contributed by atoms with E-state index in [0.717, 1.165) is 145 Å². The number of rotatable bonds is 40. The molecule has 0 saturated heterocycles. The first-order chi connectivity index (χ1) is 33.9. The predicted molar refractivity (Wildman–Crippen MR) is 293 cm³/mol. The van der Waals surface area contributed by atoms with E-state index in [2.05, 4.69) is 64.3 Å². The second-order valence-corrected chi connectivity index (χ2v) is 24.6. The van der Waals surface area contributed by atoms with Gasteiger partial charge in [0.25, 0.3) is 0 Å². The van der Waals surface area contributed by atoms with Crippen LogP contribution in [0.1, 0.15) is 260 Å². The van der Waals surface area contributed by atoms with Crippen LogP contribution in [-0.4, -0.2) is 96.6 Å². The average molecular weight is 984 g/mol. The van der Waals surface area contributed by atoms with E-state index in [-0.39, 0.29) is 42.8 Å². The highest BCUT2D eigenvalue weighted by molar-refractivity contribution is 5.69. The van der Waals surface area contributed by atoms with Crippen LogP contribution in [0.25, 0.3) is 0 Å². The molecule has 4 aliphatic rings. The number of carbonyl (C=O) groups excluding carboxylic acids is 2. The summed E-state index contributed by atoms with van der Waals surface area (Å²) in [5.74, 6) is 4.96. The summed E-state index contributed by atoms with van der Waals surface area (Å²) >= 11 is 0. The van der Waals surface area contributed by atoms with Crippen molar-refractivity contribution < 1.29 is 29.3 Å². The minimum atomic E-state index is -0.0317. The fourth-order valence-electron chi connectivity index (χ4n) is 14.6. The SMILES string of the molecule is CCCCCCCCC(CCCCCCCC)OC(=O)CCCCCN(CCO)CCN(CCO)CCCCCC(=O)OC1CCC2(C)C(=CCC3C2CCC2(C)C(C(C)CCCC(C)C)CCC32)C1. The zero-order valence-electron chi connectivity index (χ0n) is 47.1. The molecule has 70 heavy (non-hydrogen) atoms. The quantitative estimate of drug-likeness (QED) is 0.0356. The molecule has 0 amide bonds. The molecule has 3 fully saturated rings. The summed E-state index contributed by atoms with van der Waals surface area (Å²) in [5.41, 5.74) is 2.37. The molecule has 4 rings (SSSR count). The molecule has 0 heterocycles. The van der Waals surface area contributed by atoms with Crippen LogP contribution in [-0.2, 0) is 19.1 Å². The Kier molecular flexibility index (Phi) is 29.8. The van der Waals surface area contributed by atoms with Gasteiger partial charge in [0.05, 0.1) is 13.2 Å². The van der Waals surface area contributed by atoms with Crippen LogP contribution < -0.4 is 0 Å². The first-order valence-electron chi connectivity index (χ1n) is 30.6. The van der Waals surface area contributed by atoms with E-state index >= 15 is 0 Å². The minimum absolute atomic E-state index is 0.0232. The Bertz CT molecular complexity index is 1420. The van der Waals surface area contributed by atoms with Crippen molar-refractivity contribution >= 4 is 11.9 Å². The van der Waals surface area contributed by atoms with Crippen LogP contribution in [0.5, 0.6) is 0 Å². The molecule has 4 aliphatic carbocycles. The third-order valence-electron chi connectivity index (χ3n) is 18.9. The maximum Gasteiger partial charge on any atom is 0.306 e. The fourth-order valence-corrected chi connectivity index (χ4v) is 14.6. The standard InChI is InChI=1S/C62H114N2O6/c1-8-10-12-14-16-20-29-53(30-21-17-15-13-11-9-2)69-59(67)31-22-18-24-41-63(45-47-65)43-44-64(46-48-66)42-25-19-23-32-60(68)70-54-37-39-61(6)52(49-54)33-34-55-57-36-35-56(51(5)28-26-27-50(3)4)62(57,7)40-38-58(55)61/h33,50-51,53-58,65-66H,8-32,34-49H2,1-7H3. The molecule has 3 saturated carbocycles. The Balaban J connectivity index is 1.09. The normalized spacial score (nSPS) is 25.8. The third-order valence-corrected chi connectivity index (χ3v) is 18.9. The monoisotopic (exact) mass is 983 g/mol. The maximum atomic E-state index is 13.2. The molecule has 0 radical (unpaired) electrons. The number of nitrogens with zero attached hydrogens (tertiary/aromatic N) is 2. The molecular weight excluding hydrogens is 869 g/mol. The lowest BCUT2D eigenvalue weighted by molar-refractivity contribution is -0.152. The number of hydrogen-bond acceptors (Lipinski definition) is 8. The van der Waals surface area contributed by atoms with Crippen LogP contribution in [0, 0.1) is 46.3 Å². The number of hydrogen-bond donors (Lipinski definition) is 2. The topological polar surface area (TPSA) is 99.5 Å². The summed E-state index contributed by atoms with van der Waals surface area (Å²) in [6.07, 6.45) is 40.6. The zero-order chi connectivity index (χ0) is 50.6. The highest BCUT2D eigenvalue weighted by atomic mass is 16.5. The summed E-state index contributed by atoms with van der Waals surface area (Å²) in [4.78, 5) is 30.7. The van der Waals surface area contributed by atoms with Crippen molar-refractivity contribution in [3.05, 3.63) is 11.6 Å². The Morgan fingerprint density at radius 1 is 0.614 bits per heavy atom. The second kappa shape index (κ2) is 34.2. The van der Waals surface area contributed by atoms with Crippen molar-refractivity contribution in [2.45, 2.75) is 273 Å². The van der Waals surface area contributed by atoms with Gasteiger partial charge in [-0.3, -0.25) is 19.4 Å². The number of esters is 2. The maximum absolute atomic E-state index is 13.2. The highest BCUT2D eigenvalue weighted by Crippen LogP contribution is 2.67. The van der Waals surface area contributed by atoms with Gasteiger partial charge in [-0.15, -0.1) is 0 Å². The molecule has 0 aromatic carbocycles. The molecule has 408 valence electrons. The summed E-state index contributed by atoms with van der Waals surface area (Å²) in [6.45, 7) is 22.1. The molecule has 8 unspecified atom stereocenters. The van der Waals surface area contributed by atoms with Crippen molar-refractivity contribution in [1.29, 1.82) is 0 Å². The molecule has 8 nitrogen and oxygen atoms in total. The third kappa shape index (κ3) is 20.7. The van der Waals surface area contributed by atoms with E-state index in [9.17, 15) is 19.8 Å². The summed E-state index contributed by atoms with van der Waals surface area (Å²) in [6, 6.07) is 0. The van der Waals surface area contributed by atoms with Gasteiger partial charge >= 0.3 is 11.9 Å². The van der Waals surface area contributed by atoms with Crippen molar-refractivity contribution in [1.82, 2.24) is 9.80 Å². The predicted octanol–water partition coefficient (Wildman–Crippen LogP) is 15.1. The molecule has 8 heteroatoms. The van der Waals surface area contributed by atoms with Gasteiger partial charge in [0, 0.05) is 45.4 Å². The van der Waals surface area contributed by atoms with Gasteiger partial charge in [-0.1, -0.05) is 156 Å². The van der Waals surface area contributed by atoms with Crippen molar-refractivity contribution in [2.75, 3.05) is 52.5 Å². The van der Waals surface area contributed by atoms with Crippen molar-refractivity contribution in [3.8, 4) is 0 Å². The summed E-state index contributed by atoms with van der Waals surface area (Å²) in [7, 11) is 0. The minimum Gasteiger partial charge on any atom is -0.462 e. The first-order valence-corrected chi connectivity index (χ1v) is 30.6. The van der Waals surface area contributed by atoms with Gasteiger partial charge < -0.3 is 19.7 Å². The van der Waals surface area contributed by atoms with Gasteiger partial charge in [-0.2, -0.15) is 0 Å². The molecule has 0 spiro atoms. The lowest BCUT2D eigenvalue weighted by Crippen LogP contribution is -2.51. The Morgan fingerprint density at radius 3 is 1.77 bits per heavy atom. The first kappa shape index (κ1) is 61.1. The fraction of sp³-hybridized carbons (Fsp3) is 0.935. The molecule has 0 bridgehead atoms. The number of unbranched alkanes of at least 4 members (excludes halogenated alkanes) is 14. The number of ether oxygens (including phenoxy) is 2. The van der Waals surface area contributed by atoms with Gasteiger partial charge in [-0.05, 0) is 156 Å². The van der Waals surface area contributed by atoms with Gasteiger partial charge in [0.2, 0.25) is 0 Å². The number of aliphatic hydroxyl groups excluding tert-OH is 2. The van der Waals surface area contributed by atoms with Crippen LogP contribution in [0.4, 0.5) is 0 Å². The van der Waals surface area contributed by atoms with Gasteiger partial charge in [0.15, 0.2) is 0 Å². The molecule has 8 atom stereocenters. The molecule has 2 N–H and O–H groups in total. The number of aliphatic hydroxyl groups is 2. The average Bonchev–Trinajstić information content (AvgIpc) is 3.69. The Labute approximate surface area is 432 Å². The molecule has 0 aromatic heterocycles. The van der Waals surface area contributed by atoms with E-state index < -0.39 is 0 Å². The number of allylic oxidation sites excluding steroid dienone is 1. The summed E-state index contributed by atoms with van der Waals surface area (Å²) in [5, 5.41) is 19.7. The lowest BCUT2D eigenvalue weighted by atomic mass is 9.47. The summed E-state index contributed by atoms with van der Waals surface area (Å²) < 4.78 is 12.3. The van der Waals surface area contributed by atoms with Crippen LogP contribution >= 0.6 is 0 Å². The smallest absolute Gasteiger partial charge is 0.306 e. The van der Waals surface area contributed by atoms with E-state index in [1.165, 1.54) is 116 Å². The Hall–Kier alpha value is -1.48. The lowest BCUT2D eigenvalue weighted by Gasteiger charge is -2.58. The van der Waals surface area contributed by atoms with Crippen LogP contribution in [0.3, 0.4) is 0 Å². The largest absolute Gasteiger partial charge is 0.462 e. The van der Waals surface area contributed by atoms with Crippen LogP contribution in [0.15, 0.2) is 11.6 Å². The van der Waals surface area contributed by atoms with Gasteiger partial charge in [0.1, 0.15) is 12.2 Å². The molecule has 0 aliphatic heterocycles. The van der Waals surface area contributed by atoms with E-state index in [1.54, 1.807) is 5.57 Å². The zero-order valence-corrected chi connectivity index (χ0v) is 47.1. The second-order valence-electron chi connectivity index (χ2n) is 24.6. The van der Waals surface area contributed by atoms with Crippen molar-refractivity contribution in [3.63, 3.8) is 0 Å². The van der Waals surface area contributed by atoms with Gasteiger partial charge in [-0.25, -0.2) is 0 Å². The van der Waals surface area contributed by atoms with E-state index in [0.29, 0.717) is 31.3 Å². The Morgan fingerprint density at radius 2 is 1.19 bits per heavy atom. The highest BCUT2D eigenvalue weighted by Gasteiger charge is 2.59. The number of carbonyl (C=O) groups is 2. The molecule has 0 aromatic rings.